The fourth-order valence-electron chi connectivity index (χ4n) is 2.15. The third-order valence-electron chi connectivity index (χ3n) is 3.19. The van der Waals surface area contributed by atoms with Crippen molar-refractivity contribution >= 4 is 17.7 Å². The van der Waals surface area contributed by atoms with Gasteiger partial charge in [0, 0.05) is 11.6 Å². The highest BCUT2D eigenvalue weighted by molar-refractivity contribution is 5.84. The normalized spacial score (nSPS) is 20.2. The van der Waals surface area contributed by atoms with Gasteiger partial charge >= 0.3 is 12.1 Å². The van der Waals surface area contributed by atoms with Gasteiger partial charge in [0.1, 0.15) is 5.60 Å². The molecule has 6 heteroatoms. The van der Waals surface area contributed by atoms with Crippen LogP contribution in [0.25, 0.3) is 0 Å². The lowest BCUT2D eigenvalue weighted by Gasteiger charge is -2.19. The molecule has 22 heavy (non-hydrogen) atoms. The van der Waals surface area contributed by atoms with Crippen molar-refractivity contribution in [3.05, 3.63) is 24.0 Å². The van der Waals surface area contributed by atoms with Crippen LogP contribution in [0.3, 0.4) is 0 Å². The van der Waals surface area contributed by atoms with E-state index in [4.69, 9.17) is 9.47 Å². The lowest BCUT2D eigenvalue weighted by Crippen LogP contribution is -2.27. The maximum atomic E-state index is 11.7. The molecule has 1 aliphatic rings. The largest absolute Gasteiger partial charge is 0.466 e. The molecule has 1 unspecified atom stereocenters. The zero-order valence-electron chi connectivity index (χ0n) is 13.4. The zero-order chi connectivity index (χ0) is 16.3. The quantitative estimate of drug-likeness (QED) is 0.865. The summed E-state index contributed by atoms with van der Waals surface area (Å²) in [5.41, 5.74) is 0.859. The molecule has 1 N–H and O–H groups in total. The van der Waals surface area contributed by atoms with E-state index in [1.807, 2.05) is 6.07 Å². The van der Waals surface area contributed by atoms with Crippen LogP contribution in [-0.2, 0) is 14.3 Å². The summed E-state index contributed by atoms with van der Waals surface area (Å²) in [4.78, 5) is 27.6. The molecule has 0 saturated heterocycles. The summed E-state index contributed by atoms with van der Waals surface area (Å²) in [6.45, 7) is 7.60. The van der Waals surface area contributed by atoms with E-state index in [1.165, 1.54) is 0 Å². The van der Waals surface area contributed by atoms with E-state index in [0.717, 1.165) is 12.1 Å². The zero-order valence-corrected chi connectivity index (χ0v) is 13.4. The fraction of sp³-hybridized carbons (Fsp3) is 0.562. The van der Waals surface area contributed by atoms with Crippen molar-refractivity contribution in [1.29, 1.82) is 0 Å². The van der Waals surface area contributed by atoms with Crippen LogP contribution in [0, 0.1) is 5.92 Å². The molecule has 0 aliphatic heterocycles. The molecule has 1 aliphatic carbocycles. The van der Waals surface area contributed by atoms with Crippen LogP contribution in [0.4, 0.5) is 10.5 Å². The van der Waals surface area contributed by atoms with Crippen molar-refractivity contribution in [3.8, 4) is 0 Å². The minimum Gasteiger partial charge on any atom is -0.466 e. The van der Waals surface area contributed by atoms with Gasteiger partial charge in [-0.1, -0.05) is 0 Å². The second-order valence-corrected chi connectivity index (χ2v) is 6.30. The molecule has 6 nitrogen and oxygen atoms in total. The number of aromatic nitrogens is 1. The molecule has 1 aromatic heterocycles. The number of carbonyl (C=O) groups is 2. The number of hydrogen-bond donors (Lipinski definition) is 1. The Morgan fingerprint density at radius 2 is 2.09 bits per heavy atom. The highest BCUT2D eigenvalue weighted by Gasteiger charge is 2.46. The summed E-state index contributed by atoms with van der Waals surface area (Å²) in [5, 5.41) is 2.62. The molecule has 0 spiro atoms. The fourth-order valence-corrected chi connectivity index (χ4v) is 2.15. The molecule has 0 bridgehead atoms. The van der Waals surface area contributed by atoms with Crippen molar-refractivity contribution in [3.63, 3.8) is 0 Å². The van der Waals surface area contributed by atoms with Crippen LogP contribution in [0.5, 0.6) is 0 Å². The summed E-state index contributed by atoms with van der Waals surface area (Å²) in [7, 11) is 0. The third-order valence-corrected chi connectivity index (χ3v) is 3.19. The predicted octanol–water partition coefficient (Wildman–Crippen LogP) is 3.10. The van der Waals surface area contributed by atoms with E-state index in [-0.39, 0.29) is 17.8 Å². The summed E-state index contributed by atoms with van der Waals surface area (Å²) in [6.07, 6.45) is 1.82. The summed E-state index contributed by atoms with van der Waals surface area (Å²) in [5.74, 6) is -0.128. The number of pyridine rings is 1. The Kier molecular flexibility index (Phi) is 4.68. The monoisotopic (exact) mass is 306 g/mol. The smallest absolute Gasteiger partial charge is 0.412 e. The molecule has 0 radical (unpaired) electrons. The highest BCUT2D eigenvalue weighted by atomic mass is 16.6. The van der Waals surface area contributed by atoms with Gasteiger partial charge in [-0.3, -0.25) is 15.1 Å². The van der Waals surface area contributed by atoms with Crippen LogP contribution in [-0.4, -0.2) is 29.3 Å². The molecular weight excluding hydrogens is 284 g/mol. The van der Waals surface area contributed by atoms with E-state index in [1.54, 1.807) is 40.0 Å². The minimum absolute atomic E-state index is 0.0860. The van der Waals surface area contributed by atoms with Crippen LogP contribution >= 0.6 is 0 Å². The van der Waals surface area contributed by atoms with E-state index >= 15 is 0 Å². The van der Waals surface area contributed by atoms with E-state index < -0.39 is 11.7 Å². The second-order valence-electron chi connectivity index (χ2n) is 6.30. The first-order chi connectivity index (χ1) is 10.3. The maximum absolute atomic E-state index is 11.7. The van der Waals surface area contributed by atoms with Gasteiger partial charge < -0.3 is 9.47 Å². The molecule has 0 aromatic carbocycles. The van der Waals surface area contributed by atoms with E-state index in [2.05, 4.69) is 10.3 Å². The number of anilines is 1. The van der Waals surface area contributed by atoms with Gasteiger partial charge in [-0.25, -0.2) is 4.79 Å². The summed E-state index contributed by atoms with van der Waals surface area (Å²) < 4.78 is 10.2. The molecule has 1 saturated carbocycles. The number of hydrogen-bond acceptors (Lipinski definition) is 5. The maximum Gasteiger partial charge on any atom is 0.412 e. The number of nitrogens with one attached hydrogen (secondary N) is 1. The van der Waals surface area contributed by atoms with Gasteiger partial charge in [0.2, 0.25) is 0 Å². The van der Waals surface area contributed by atoms with Gasteiger partial charge in [0.15, 0.2) is 0 Å². The summed E-state index contributed by atoms with van der Waals surface area (Å²) >= 11 is 0. The molecule has 1 aromatic rings. The van der Waals surface area contributed by atoms with Gasteiger partial charge in [0.25, 0.3) is 0 Å². The van der Waals surface area contributed by atoms with E-state index in [9.17, 15) is 9.59 Å². The second kappa shape index (κ2) is 6.34. The lowest BCUT2D eigenvalue weighted by molar-refractivity contribution is -0.144. The van der Waals surface area contributed by atoms with Crippen molar-refractivity contribution in [2.24, 2.45) is 5.92 Å². The summed E-state index contributed by atoms with van der Waals surface area (Å²) in [6, 6.07) is 3.57. The highest BCUT2D eigenvalue weighted by Crippen LogP contribution is 2.47. The SMILES string of the molecule is CCOC(=O)[C@H]1CC1c1ccc(NC(=O)OC(C)(C)C)cn1. The average molecular weight is 306 g/mol. The third kappa shape index (κ3) is 4.44. The molecule has 2 atom stereocenters. The van der Waals surface area contributed by atoms with Gasteiger partial charge in [-0.15, -0.1) is 0 Å². The van der Waals surface area contributed by atoms with E-state index in [0.29, 0.717) is 12.3 Å². The molecule has 1 fully saturated rings. The molecule has 1 amide bonds. The first-order valence-electron chi connectivity index (χ1n) is 7.42. The Morgan fingerprint density at radius 3 is 2.64 bits per heavy atom. The number of rotatable bonds is 4. The Bertz CT molecular complexity index is 548. The van der Waals surface area contributed by atoms with Crippen LogP contribution in [0.2, 0.25) is 0 Å². The topological polar surface area (TPSA) is 77.5 Å². The Balaban J connectivity index is 1.89. The average Bonchev–Trinajstić information content (AvgIpc) is 3.18. The van der Waals surface area contributed by atoms with Crippen LogP contribution in [0.1, 0.15) is 45.7 Å². The number of esters is 1. The van der Waals surface area contributed by atoms with Crippen LogP contribution < -0.4 is 5.32 Å². The number of amides is 1. The molecular formula is C16H22N2O4. The number of ether oxygens (including phenoxy) is 2. The van der Waals surface area contributed by atoms with Crippen molar-refractivity contribution in [1.82, 2.24) is 4.98 Å². The first-order valence-corrected chi connectivity index (χ1v) is 7.42. The number of carbonyl (C=O) groups excluding carboxylic acids is 2. The Hall–Kier alpha value is -2.11. The molecule has 2 rings (SSSR count). The minimum atomic E-state index is -0.543. The van der Waals surface area contributed by atoms with Crippen molar-refractivity contribution < 1.29 is 19.1 Å². The lowest BCUT2D eigenvalue weighted by atomic mass is 10.2. The predicted molar refractivity (Wildman–Crippen MR) is 81.6 cm³/mol. The Labute approximate surface area is 130 Å². The first kappa shape index (κ1) is 16.3. The number of nitrogens with zero attached hydrogens (tertiary/aromatic N) is 1. The van der Waals surface area contributed by atoms with Crippen molar-refractivity contribution in [2.45, 2.75) is 45.6 Å². The molecule has 120 valence electrons. The van der Waals surface area contributed by atoms with Gasteiger partial charge in [-0.2, -0.15) is 0 Å². The molecule has 1 heterocycles. The van der Waals surface area contributed by atoms with Crippen molar-refractivity contribution in [2.75, 3.05) is 11.9 Å². The van der Waals surface area contributed by atoms with Crippen LogP contribution in [0.15, 0.2) is 18.3 Å². The Morgan fingerprint density at radius 1 is 1.36 bits per heavy atom. The standard InChI is InChI=1S/C16H22N2O4/c1-5-21-14(19)12-8-11(12)13-7-6-10(9-17-13)18-15(20)22-16(2,3)4/h6-7,9,11-12H,5,8H2,1-4H3,(H,18,20)/t11?,12-/m0/s1. The van der Waals surface area contributed by atoms with Gasteiger partial charge in [-0.05, 0) is 46.2 Å². The van der Waals surface area contributed by atoms with Gasteiger partial charge in [0.05, 0.1) is 24.4 Å².